The van der Waals surface area contributed by atoms with Gasteiger partial charge in [0.05, 0.1) is 7.11 Å². The first-order valence-corrected chi connectivity index (χ1v) is 9.93. The third kappa shape index (κ3) is 6.84. The molecule has 24 heavy (non-hydrogen) atoms. The van der Waals surface area contributed by atoms with Gasteiger partial charge in [0.25, 0.3) is 0 Å². The largest absolute Gasteiger partial charge is 0.540 e. The van der Waals surface area contributed by atoms with E-state index < -0.39 is 14.8 Å². The first kappa shape index (κ1) is 20.4. The molecule has 0 heterocycles. The van der Waals surface area contributed by atoms with E-state index in [1.54, 1.807) is 13.2 Å². The van der Waals surface area contributed by atoms with E-state index in [0.717, 1.165) is 11.3 Å². The first-order valence-electron chi connectivity index (χ1n) is 7.99. The third-order valence-corrected chi connectivity index (χ3v) is 5.70. The lowest BCUT2D eigenvalue weighted by atomic mass is 10.2. The Labute approximate surface area is 144 Å². The fourth-order valence-electron chi connectivity index (χ4n) is 2.00. The molecule has 0 unspecified atom stereocenters. The summed E-state index contributed by atoms with van der Waals surface area (Å²) in [5.41, 5.74) is 0.871. The van der Waals surface area contributed by atoms with Crippen LogP contribution in [0.3, 0.4) is 0 Å². The van der Waals surface area contributed by atoms with E-state index >= 15 is 0 Å². The van der Waals surface area contributed by atoms with Crippen molar-refractivity contribution in [2.75, 3.05) is 33.2 Å². The lowest BCUT2D eigenvalue weighted by molar-refractivity contribution is -0.137. The van der Waals surface area contributed by atoms with Crippen LogP contribution in [0.2, 0.25) is 0 Å². The molecule has 0 spiro atoms. The molecular weight excluding hydrogens is 328 g/mol. The van der Waals surface area contributed by atoms with Crippen molar-refractivity contribution >= 4 is 20.8 Å². The van der Waals surface area contributed by atoms with Crippen LogP contribution in [0.1, 0.15) is 26.3 Å². The molecule has 0 saturated heterocycles. The molecule has 0 atom stereocenters. The third-order valence-electron chi connectivity index (χ3n) is 3.01. The maximum absolute atomic E-state index is 11.9. The van der Waals surface area contributed by atoms with Crippen molar-refractivity contribution in [3.8, 4) is 5.75 Å². The monoisotopic (exact) mass is 354 g/mol. The van der Waals surface area contributed by atoms with E-state index in [4.69, 9.17) is 22.8 Å². The van der Waals surface area contributed by atoms with Gasteiger partial charge >= 0.3 is 14.8 Å². The topological polar surface area (TPSA) is 63.2 Å². The van der Waals surface area contributed by atoms with Gasteiger partial charge in [0.2, 0.25) is 0 Å². The standard InChI is InChI=1S/C17H26O6Si/c1-5-21-24(22-6-2,23-7-3)14-20-17(18)13-10-15-8-11-16(19-4)12-9-15/h8-13H,5-7,14H2,1-4H3/b13-10+. The van der Waals surface area contributed by atoms with Crippen molar-refractivity contribution in [1.82, 2.24) is 0 Å². The summed E-state index contributed by atoms with van der Waals surface area (Å²) in [6.07, 6.45) is 3.03. The molecule has 1 aromatic carbocycles. The number of carbonyl (C=O) groups is 1. The summed E-state index contributed by atoms with van der Waals surface area (Å²) in [5.74, 6) is 0.289. The van der Waals surface area contributed by atoms with Crippen LogP contribution in [0.5, 0.6) is 5.75 Å². The van der Waals surface area contributed by atoms with Crippen LogP contribution in [0.25, 0.3) is 6.08 Å². The Balaban J connectivity index is 2.62. The first-order chi connectivity index (χ1) is 11.6. The molecule has 0 N–H and O–H groups in total. The second-order valence-electron chi connectivity index (χ2n) is 4.70. The van der Waals surface area contributed by atoms with Crippen molar-refractivity contribution in [2.45, 2.75) is 20.8 Å². The van der Waals surface area contributed by atoms with E-state index in [1.807, 2.05) is 45.0 Å². The second kappa shape index (κ2) is 11.0. The maximum atomic E-state index is 11.9. The molecule has 0 radical (unpaired) electrons. The average Bonchev–Trinajstić information content (AvgIpc) is 2.59. The molecule has 0 aliphatic heterocycles. The number of benzene rings is 1. The predicted molar refractivity (Wildman–Crippen MR) is 93.6 cm³/mol. The van der Waals surface area contributed by atoms with Gasteiger partial charge in [0, 0.05) is 25.9 Å². The molecule has 134 valence electrons. The molecule has 0 fully saturated rings. The van der Waals surface area contributed by atoms with Crippen LogP contribution >= 0.6 is 0 Å². The predicted octanol–water partition coefficient (Wildman–Crippen LogP) is 2.84. The zero-order valence-electron chi connectivity index (χ0n) is 14.7. The van der Waals surface area contributed by atoms with Crippen molar-refractivity contribution in [3.63, 3.8) is 0 Å². The number of esters is 1. The summed E-state index contributed by atoms with van der Waals surface area (Å²) >= 11 is 0. The fourth-order valence-corrected chi connectivity index (χ4v) is 4.14. The van der Waals surface area contributed by atoms with Crippen LogP contribution in [-0.2, 0) is 22.8 Å². The van der Waals surface area contributed by atoms with Crippen LogP contribution in [-0.4, -0.2) is 47.9 Å². The van der Waals surface area contributed by atoms with Gasteiger partial charge in [0.1, 0.15) is 5.75 Å². The molecule has 0 bridgehead atoms. The van der Waals surface area contributed by atoms with Gasteiger partial charge in [-0.15, -0.1) is 0 Å². The summed E-state index contributed by atoms with van der Waals surface area (Å²) in [4.78, 5) is 11.9. The Morgan fingerprint density at radius 2 is 1.54 bits per heavy atom. The van der Waals surface area contributed by atoms with Gasteiger partial charge in [-0.1, -0.05) is 12.1 Å². The van der Waals surface area contributed by atoms with Gasteiger partial charge in [-0.05, 0) is 44.5 Å². The Morgan fingerprint density at radius 1 is 1.00 bits per heavy atom. The van der Waals surface area contributed by atoms with Crippen LogP contribution < -0.4 is 4.74 Å². The van der Waals surface area contributed by atoms with E-state index in [2.05, 4.69) is 0 Å². The minimum absolute atomic E-state index is 0.00565. The lowest BCUT2D eigenvalue weighted by Crippen LogP contribution is -2.51. The number of carbonyl (C=O) groups excluding carboxylic acids is 1. The average molecular weight is 354 g/mol. The quantitative estimate of drug-likeness (QED) is 0.346. The van der Waals surface area contributed by atoms with Crippen molar-refractivity contribution in [1.29, 1.82) is 0 Å². The summed E-state index contributed by atoms with van der Waals surface area (Å²) < 4.78 is 27.2. The molecule has 0 aromatic heterocycles. The molecule has 0 saturated carbocycles. The highest BCUT2D eigenvalue weighted by Crippen LogP contribution is 2.13. The molecule has 0 aliphatic rings. The number of ether oxygens (including phenoxy) is 2. The normalized spacial score (nSPS) is 11.7. The Morgan fingerprint density at radius 3 is 2.00 bits per heavy atom. The number of hydrogen-bond donors (Lipinski definition) is 0. The summed E-state index contributed by atoms with van der Waals surface area (Å²) in [6.45, 7) is 6.87. The van der Waals surface area contributed by atoms with E-state index in [-0.39, 0.29) is 6.23 Å². The highest BCUT2D eigenvalue weighted by atomic mass is 28.4. The van der Waals surface area contributed by atoms with E-state index in [1.165, 1.54) is 6.08 Å². The molecule has 1 aromatic rings. The smallest absolute Gasteiger partial charge is 0.497 e. The summed E-state index contributed by atoms with van der Waals surface area (Å²) in [5, 5.41) is 0. The highest BCUT2D eigenvalue weighted by molar-refractivity contribution is 6.60. The summed E-state index contributed by atoms with van der Waals surface area (Å²) in [6, 6.07) is 7.34. The molecule has 7 heteroatoms. The SMILES string of the molecule is CCO[Si](COC(=O)/C=C/c1ccc(OC)cc1)(OCC)OCC. The Hall–Kier alpha value is -1.67. The van der Waals surface area contributed by atoms with Gasteiger partial charge in [0.15, 0.2) is 6.23 Å². The Kier molecular flexibility index (Phi) is 9.32. The van der Waals surface area contributed by atoms with Gasteiger partial charge in [-0.3, -0.25) is 0 Å². The van der Waals surface area contributed by atoms with Crippen LogP contribution in [0.4, 0.5) is 0 Å². The zero-order valence-corrected chi connectivity index (χ0v) is 15.7. The van der Waals surface area contributed by atoms with E-state index in [9.17, 15) is 4.79 Å². The number of hydrogen-bond acceptors (Lipinski definition) is 6. The second-order valence-corrected chi connectivity index (χ2v) is 7.22. The fraction of sp³-hybridized carbons (Fsp3) is 0.471. The van der Waals surface area contributed by atoms with E-state index in [0.29, 0.717) is 19.8 Å². The van der Waals surface area contributed by atoms with Gasteiger partial charge in [-0.25, -0.2) is 4.79 Å². The van der Waals surface area contributed by atoms with Gasteiger partial charge in [-0.2, -0.15) is 0 Å². The Bertz CT molecular complexity index is 497. The van der Waals surface area contributed by atoms with Crippen LogP contribution in [0, 0.1) is 0 Å². The minimum Gasteiger partial charge on any atom is -0.497 e. The summed E-state index contributed by atoms with van der Waals surface area (Å²) in [7, 11) is -1.37. The van der Waals surface area contributed by atoms with Crippen molar-refractivity contribution in [3.05, 3.63) is 35.9 Å². The van der Waals surface area contributed by atoms with Crippen molar-refractivity contribution in [2.24, 2.45) is 0 Å². The molecule has 0 aliphatic carbocycles. The minimum atomic E-state index is -2.97. The molecule has 1 rings (SSSR count). The van der Waals surface area contributed by atoms with Gasteiger partial charge < -0.3 is 22.8 Å². The molecule has 0 amide bonds. The van der Waals surface area contributed by atoms with Crippen LogP contribution in [0.15, 0.2) is 30.3 Å². The lowest BCUT2D eigenvalue weighted by Gasteiger charge is -2.27. The number of methoxy groups -OCH3 is 1. The maximum Gasteiger partial charge on any atom is 0.540 e. The molecular formula is C17H26O6Si. The molecule has 6 nitrogen and oxygen atoms in total. The van der Waals surface area contributed by atoms with Crippen molar-refractivity contribution < 1.29 is 27.5 Å². The number of rotatable bonds is 11. The zero-order chi connectivity index (χ0) is 17.8. The highest BCUT2D eigenvalue weighted by Gasteiger charge is 2.42.